The Hall–Kier alpha value is -1.44. The highest BCUT2D eigenvalue weighted by Crippen LogP contribution is 2.17. The first kappa shape index (κ1) is 16.4. The molecule has 7 heteroatoms. The second-order valence-corrected chi connectivity index (χ2v) is 6.34. The minimum Gasteiger partial charge on any atom is -0.377 e. The van der Waals surface area contributed by atoms with Crippen LogP contribution in [0.2, 0.25) is 0 Å². The average Bonchev–Trinajstić information content (AvgIpc) is 3.23. The third-order valence-corrected chi connectivity index (χ3v) is 4.23. The predicted molar refractivity (Wildman–Crippen MR) is 84.3 cm³/mol. The second-order valence-electron chi connectivity index (χ2n) is 6.34. The summed E-state index contributed by atoms with van der Waals surface area (Å²) in [6.07, 6.45) is 4.77. The lowest BCUT2D eigenvalue weighted by molar-refractivity contribution is -0.118. The number of hydrogen-bond acceptors (Lipinski definition) is 6. The lowest BCUT2D eigenvalue weighted by atomic mass is 10.2. The van der Waals surface area contributed by atoms with Gasteiger partial charge in [0.2, 0.25) is 5.91 Å². The first-order chi connectivity index (χ1) is 11.2. The zero-order valence-electron chi connectivity index (χ0n) is 13.6. The molecule has 2 fully saturated rings. The number of hydrogen-bond donors (Lipinski definition) is 1. The number of carbonyl (C=O) groups is 1. The van der Waals surface area contributed by atoms with Crippen LogP contribution in [0.1, 0.15) is 31.4 Å². The fourth-order valence-electron chi connectivity index (χ4n) is 3.17. The van der Waals surface area contributed by atoms with Gasteiger partial charge in [-0.3, -0.25) is 9.69 Å². The second kappa shape index (κ2) is 7.90. The van der Waals surface area contributed by atoms with Crippen molar-refractivity contribution in [2.75, 3.05) is 38.2 Å². The molecule has 0 spiro atoms. The number of anilines is 1. The van der Waals surface area contributed by atoms with Crippen LogP contribution in [0.25, 0.3) is 0 Å². The van der Waals surface area contributed by atoms with Crippen LogP contribution in [0.4, 0.5) is 5.82 Å². The molecule has 23 heavy (non-hydrogen) atoms. The van der Waals surface area contributed by atoms with Gasteiger partial charge in [0.05, 0.1) is 18.8 Å². The van der Waals surface area contributed by atoms with Crippen molar-refractivity contribution in [1.82, 2.24) is 10.1 Å². The van der Waals surface area contributed by atoms with Gasteiger partial charge in [-0.15, -0.1) is 0 Å². The molecule has 1 aromatic rings. The molecule has 1 aromatic heterocycles. The Morgan fingerprint density at radius 3 is 2.39 bits per heavy atom. The van der Waals surface area contributed by atoms with Crippen molar-refractivity contribution < 1.29 is 18.8 Å². The lowest BCUT2D eigenvalue weighted by Crippen LogP contribution is -2.42. The molecule has 0 saturated carbocycles. The highest BCUT2D eigenvalue weighted by atomic mass is 16.5. The Morgan fingerprint density at radius 2 is 1.91 bits per heavy atom. The number of aryl methyl sites for hydroxylation is 1. The predicted octanol–water partition coefficient (Wildman–Crippen LogP) is 1.58. The SMILES string of the molecule is Cc1cc(NC(=O)CN(C[C@@H]2CCCO2)C[C@@H]2CCCO2)no1. The average molecular weight is 323 g/mol. The number of amides is 1. The summed E-state index contributed by atoms with van der Waals surface area (Å²) < 4.78 is 16.4. The highest BCUT2D eigenvalue weighted by Gasteiger charge is 2.25. The maximum atomic E-state index is 12.3. The van der Waals surface area contributed by atoms with Crippen molar-refractivity contribution in [2.45, 2.75) is 44.8 Å². The Labute approximate surface area is 136 Å². The molecular formula is C16H25N3O4. The summed E-state index contributed by atoms with van der Waals surface area (Å²) in [7, 11) is 0. The van der Waals surface area contributed by atoms with E-state index in [0.29, 0.717) is 18.1 Å². The summed E-state index contributed by atoms with van der Waals surface area (Å²) >= 11 is 0. The zero-order valence-corrected chi connectivity index (χ0v) is 13.6. The quantitative estimate of drug-likeness (QED) is 0.821. The van der Waals surface area contributed by atoms with Gasteiger partial charge in [0.1, 0.15) is 5.76 Å². The molecule has 1 amide bonds. The van der Waals surface area contributed by atoms with Crippen molar-refractivity contribution in [3.63, 3.8) is 0 Å². The smallest absolute Gasteiger partial charge is 0.239 e. The van der Waals surface area contributed by atoms with Crippen molar-refractivity contribution in [2.24, 2.45) is 0 Å². The van der Waals surface area contributed by atoms with Crippen molar-refractivity contribution in [1.29, 1.82) is 0 Å². The third-order valence-electron chi connectivity index (χ3n) is 4.23. The highest BCUT2D eigenvalue weighted by molar-refractivity contribution is 5.91. The summed E-state index contributed by atoms with van der Waals surface area (Å²) in [5.41, 5.74) is 0. The van der Waals surface area contributed by atoms with Crippen molar-refractivity contribution in [3.05, 3.63) is 11.8 Å². The monoisotopic (exact) mass is 323 g/mol. The van der Waals surface area contributed by atoms with E-state index >= 15 is 0 Å². The number of nitrogens with one attached hydrogen (secondary N) is 1. The molecular weight excluding hydrogens is 298 g/mol. The van der Waals surface area contributed by atoms with Crippen molar-refractivity contribution >= 4 is 11.7 Å². The molecule has 2 aliphatic heterocycles. The summed E-state index contributed by atoms with van der Waals surface area (Å²) in [4.78, 5) is 14.4. The van der Waals surface area contributed by atoms with Crippen LogP contribution in [0.15, 0.2) is 10.6 Å². The number of aromatic nitrogens is 1. The molecule has 0 aliphatic carbocycles. The van der Waals surface area contributed by atoms with Gasteiger partial charge in [-0.25, -0.2) is 0 Å². The van der Waals surface area contributed by atoms with E-state index in [1.165, 1.54) is 0 Å². The normalized spacial score (nSPS) is 24.4. The zero-order chi connectivity index (χ0) is 16.1. The Bertz CT molecular complexity index is 489. The topological polar surface area (TPSA) is 76.8 Å². The van der Waals surface area contributed by atoms with Gasteiger partial charge in [-0.2, -0.15) is 0 Å². The maximum Gasteiger partial charge on any atom is 0.239 e. The fraction of sp³-hybridized carbons (Fsp3) is 0.750. The van der Waals surface area contributed by atoms with Gasteiger partial charge in [0, 0.05) is 32.4 Å². The van der Waals surface area contributed by atoms with Crippen LogP contribution in [0.5, 0.6) is 0 Å². The van der Waals surface area contributed by atoms with E-state index in [1.54, 1.807) is 13.0 Å². The molecule has 1 N–H and O–H groups in total. The Balaban J connectivity index is 1.53. The Kier molecular flexibility index (Phi) is 5.64. The number of ether oxygens (including phenoxy) is 2. The minimum absolute atomic E-state index is 0.0886. The maximum absolute atomic E-state index is 12.3. The van der Waals surface area contributed by atoms with Crippen LogP contribution < -0.4 is 5.32 Å². The summed E-state index contributed by atoms with van der Waals surface area (Å²) in [5.74, 6) is 1.05. The minimum atomic E-state index is -0.0886. The lowest BCUT2D eigenvalue weighted by Gasteiger charge is -2.26. The molecule has 2 aliphatic rings. The Morgan fingerprint density at radius 1 is 1.26 bits per heavy atom. The molecule has 0 unspecified atom stereocenters. The third kappa shape index (κ3) is 5.02. The first-order valence-electron chi connectivity index (χ1n) is 8.38. The summed E-state index contributed by atoms with van der Waals surface area (Å²) in [5, 5.41) is 6.57. The molecule has 0 bridgehead atoms. The van der Waals surface area contributed by atoms with Gasteiger partial charge in [-0.1, -0.05) is 5.16 Å². The van der Waals surface area contributed by atoms with E-state index in [4.69, 9.17) is 14.0 Å². The van der Waals surface area contributed by atoms with Gasteiger partial charge in [0.15, 0.2) is 5.82 Å². The van der Waals surface area contributed by atoms with Crippen molar-refractivity contribution in [3.8, 4) is 0 Å². The van der Waals surface area contributed by atoms with E-state index in [2.05, 4.69) is 15.4 Å². The van der Waals surface area contributed by atoms with Crippen LogP contribution in [-0.4, -0.2) is 61.0 Å². The summed E-state index contributed by atoms with van der Waals surface area (Å²) in [6.45, 7) is 5.29. The van der Waals surface area contributed by atoms with Crippen LogP contribution in [0.3, 0.4) is 0 Å². The summed E-state index contributed by atoms with van der Waals surface area (Å²) in [6, 6.07) is 1.71. The number of carbonyl (C=O) groups excluding carboxylic acids is 1. The molecule has 3 heterocycles. The number of rotatable bonds is 7. The molecule has 0 aromatic carbocycles. The van der Waals surface area contributed by atoms with E-state index in [1.807, 2.05) is 0 Å². The van der Waals surface area contributed by atoms with E-state index in [-0.39, 0.29) is 18.1 Å². The molecule has 0 radical (unpaired) electrons. The molecule has 128 valence electrons. The van der Waals surface area contributed by atoms with E-state index < -0.39 is 0 Å². The standard InChI is InChI=1S/C16H25N3O4/c1-12-8-15(18-23-12)17-16(20)11-19(9-13-4-2-6-21-13)10-14-5-3-7-22-14/h8,13-14H,2-7,9-11H2,1H3,(H,17,18,20)/t13-,14-/m0/s1. The van der Waals surface area contributed by atoms with E-state index in [0.717, 1.165) is 52.0 Å². The van der Waals surface area contributed by atoms with Crippen LogP contribution >= 0.6 is 0 Å². The largest absolute Gasteiger partial charge is 0.377 e. The van der Waals surface area contributed by atoms with Gasteiger partial charge < -0.3 is 19.3 Å². The van der Waals surface area contributed by atoms with E-state index in [9.17, 15) is 4.79 Å². The molecule has 3 rings (SSSR count). The molecule has 7 nitrogen and oxygen atoms in total. The van der Waals surface area contributed by atoms with Gasteiger partial charge in [-0.05, 0) is 32.6 Å². The number of nitrogens with zero attached hydrogens (tertiary/aromatic N) is 2. The molecule has 2 atom stereocenters. The first-order valence-corrected chi connectivity index (χ1v) is 8.38. The van der Waals surface area contributed by atoms with Crippen LogP contribution in [-0.2, 0) is 14.3 Å². The van der Waals surface area contributed by atoms with Crippen LogP contribution in [0, 0.1) is 6.92 Å². The molecule has 2 saturated heterocycles. The fourth-order valence-corrected chi connectivity index (χ4v) is 3.17. The van der Waals surface area contributed by atoms with Gasteiger partial charge >= 0.3 is 0 Å². The van der Waals surface area contributed by atoms with Gasteiger partial charge in [0.25, 0.3) is 0 Å².